The van der Waals surface area contributed by atoms with Gasteiger partial charge in [0.1, 0.15) is 5.54 Å². The average molecular weight is 282 g/mol. The smallest absolute Gasteiger partial charge is 0.331 e. The lowest BCUT2D eigenvalue weighted by atomic mass is 9.76. The topological polar surface area (TPSA) is 68.3 Å². The van der Waals surface area contributed by atoms with E-state index in [1.807, 2.05) is 12.3 Å². The van der Waals surface area contributed by atoms with E-state index >= 15 is 0 Å². The van der Waals surface area contributed by atoms with Crippen LogP contribution in [0.4, 0.5) is 0 Å². The van der Waals surface area contributed by atoms with Crippen molar-refractivity contribution in [1.29, 1.82) is 0 Å². The summed E-state index contributed by atoms with van der Waals surface area (Å²) in [4.78, 5) is 28.1. The molecule has 1 fully saturated rings. The molecule has 104 valence electrons. The van der Waals surface area contributed by atoms with Gasteiger partial charge in [0.2, 0.25) is 5.91 Å². The van der Waals surface area contributed by atoms with Crippen LogP contribution in [0.15, 0.2) is 5.38 Å². The minimum Gasteiger partial charge on any atom is -0.464 e. The maximum atomic E-state index is 12.0. The summed E-state index contributed by atoms with van der Waals surface area (Å²) in [5.41, 5.74) is -0.0450. The van der Waals surface area contributed by atoms with Gasteiger partial charge < -0.3 is 10.1 Å². The third-order valence-corrected chi connectivity index (χ3v) is 4.08. The van der Waals surface area contributed by atoms with Gasteiger partial charge in [-0.1, -0.05) is 0 Å². The molecule has 1 aromatic heterocycles. The van der Waals surface area contributed by atoms with Crippen molar-refractivity contribution in [2.24, 2.45) is 0 Å². The highest BCUT2D eigenvalue weighted by Crippen LogP contribution is 2.33. The number of nitrogens with zero attached hydrogens (tertiary/aromatic N) is 1. The fraction of sp³-hybridized carbons (Fsp3) is 0.615. The molecule has 0 unspecified atom stereocenters. The van der Waals surface area contributed by atoms with Crippen LogP contribution >= 0.6 is 11.3 Å². The van der Waals surface area contributed by atoms with Gasteiger partial charge >= 0.3 is 5.97 Å². The van der Waals surface area contributed by atoms with Gasteiger partial charge in [0, 0.05) is 5.38 Å². The van der Waals surface area contributed by atoms with E-state index < -0.39 is 5.54 Å². The first-order chi connectivity index (χ1) is 9.05. The number of amides is 1. The van der Waals surface area contributed by atoms with Crippen LogP contribution < -0.4 is 5.32 Å². The second kappa shape index (κ2) is 5.69. The number of thiazole rings is 1. The Morgan fingerprint density at radius 1 is 1.53 bits per heavy atom. The quantitative estimate of drug-likeness (QED) is 0.833. The number of carbonyl (C=O) groups excluding carboxylic acids is 2. The Kier molecular flexibility index (Phi) is 4.19. The Hall–Kier alpha value is -1.43. The highest BCUT2D eigenvalue weighted by molar-refractivity contribution is 7.09. The first kappa shape index (κ1) is 14.0. The van der Waals surface area contributed by atoms with E-state index in [2.05, 4.69) is 10.3 Å². The summed E-state index contributed by atoms with van der Waals surface area (Å²) in [7, 11) is 0. The van der Waals surface area contributed by atoms with Crippen molar-refractivity contribution < 1.29 is 14.3 Å². The summed E-state index contributed by atoms with van der Waals surface area (Å²) >= 11 is 1.52. The zero-order valence-electron chi connectivity index (χ0n) is 11.2. The van der Waals surface area contributed by atoms with Crippen LogP contribution in [-0.2, 0) is 20.7 Å². The monoisotopic (exact) mass is 282 g/mol. The molecule has 2 rings (SSSR count). The maximum absolute atomic E-state index is 12.0. The number of rotatable bonds is 5. The molecule has 0 radical (unpaired) electrons. The Balaban J connectivity index is 1.95. The molecule has 0 aromatic carbocycles. The van der Waals surface area contributed by atoms with E-state index in [1.165, 1.54) is 11.3 Å². The average Bonchev–Trinajstić information content (AvgIpc) is 2.69. The summed E-state index contributed by atoms with van der Waals surface area (Å²) in [5.74, 6) is -0.484. The standard InChI is InChI=1S/C13H18N2O3S/c1-3-18-12(17)13(5-4-6-13)15-11(16)7-10-8-19-9(2)14-10/h8H,3-7H2,1-2H3,(H,15,16). The molecule has 1 N–H and O–H groups in total. The van der Waals surface area contributed by atoms with E-state index in [4.69, 9.17) is 4.74 Å². The van der Waals surface area contributed by atoms with Crippen LogP contribution in [0.1, 0.15) is 36.9 Å². The molecule has 1 aliphatic carbocycles. The zero-order chi connectivity index (χ0) is 13.9. The van der Waals surface area contributed by atoms with Crippen LogP contribution in [-0.4, -0.2) is 29.0 Å². The third-order valence-electron chi connectivity index (χ3n) is 3.26. The number of nitrogens with one attached hydrogen (secondary N) is 1. The fourth-order valence-electron chi connectivity index (χ4n) is 2.14. The fourth-order valence-corrected chi connectivity index (χ4v) is 2.76. The van der Waals surface area contributed by atoms with Crippen molar-refractivity contribution in [2.75, 3.05) is 6.61 Å². The third kappa shape index (κ3) is 3.12. The summed E-state index contributed by atoms with van der Waals surface area (Å²) in [6.07, 6.45) is 2.47. The minimum atomic E-state index is -0.793. The molecular weight excluding hydrogens is 264 g/mol. The van der Waals surface area contributed by atoms with Gasteiger partial charge in [-0.15, -0.1) is 11.3 Å². The normalized spacial score (nSPS) is 16.5. The van der Waals surface area contributed by atoms with Crippen molar-refractivity contribution in [3.63, 3.8) is 0 Å². The molecule has 0 atom stereocenters. The van der Waals surface area contributed by atoms with Gasteiger partial charge in [0.05, 0.1) is 23.7 Å². The molecule has 19 heavy (non-hydrogen) atoms. The lowest BCUT2D eigenvalue weighted by Crippen LogP contribution is -2.60. The molecular formula is C13H18N2O3S. The summed E-state index contributed by atoms with van der Waals surface area (Å²) in [5, 5.41) is 5.63. The van der Waals surface area contributed by atoms with Crippen molar-refractivity contribution in [3.05, 3.63) is 16.1 Å². The second-order valence-electron chi connectivity index (χ2n) is 4.74. The number of esters is 1. The van der Waals surface area contributed by atoms with E-state index in [0.29, 0.717) is 19.4 Å². The molecule has 0 spiro atoms. The van der Waals surface area contributed by atoms with Crippen molar-refractivity contribution in [2.45, 2.75) is 45.1 Å². The van der Waals surface area contributed by atoms with Crippen LogP contribution in [0.5, 0.6) is 0 Å². The molecule has 1 amide bonds. The Labute approximate surface area is 116 Å². The summed E-state index contributed by atoms with van der Waals surface area (Å²) in [6, 6.07) is 0. The second-order valence-corrected chi connectivity index (χ2v) is 5.80. The largest absolute Gasteiger partial charge is 0.464 e. The maximum Gasteiger partial charge on any atom is 0.331 e. The van der Waals surface area contributed by atoms with E-state index in [-0.39, 0.29) is 18.3 Å². The van der Waals surface area contributed by atoms with E-state index in [0.717, 1.165) is 17.1 Å². The van der Waals surface area contributed by atoms with Crippen LogP contribution in [0.2, 0.25) is 0 Å². The van der Waals surface area contributed by atoms with Crippen molar-refractivity contribution in [3.8, 4) is 0 Å². The SMILES string of the molecule is CCOC(=O)C1(NC(=O)Cc2csc(C)n2)CCC1. The summed E-state index contributed by atoms with van der Waals surface area (Å²) < 4.78 is 5.04. The Morgan fingerprint density at radius 3 is 2.74 bits per heavy atom. The van der Waals surface area contributed by atoms with Crippen LogP contribution in [0.25, 0.3) is 0 Å². The summed E-state index contributed by atoms with van der Waals surface area (Å²) in [6.45, 7) is 4.00. The molecule has 0 bridgehead atoms. The number of hydrogen-bond acceptors (Lipinski definition) is 5. The van der Waals surface area contributed by atoms with Gasteiger partial charge in [0.25, 0.3) is 0 Å². The van der Waals surface area contributed by atoms with E-state index in [9.17, 15) is 9.59 Å². The molecule has 1 aromatic rings. The Morgan fingerprint density at radius 2 is 2.26 bits per heavy atom. The van der Waals surface area contributed by atoms with Gasteiger partial charge in [-0.2, -0.15) is 0 Å². The number of hydrogen-bond donors (Lipinski definition) is 1. The number of aryl methyl sites for hydroxylation is 1. The molecule has 5 nitrogen and oxygen atoms in total. The lowest BCUT2D eigenvalue weighted by molar-refractivity contribution is -0.157. The molecule has 6 heteroatoms. The number of carbonyl (C=O) groups is 2. The number of aromatic nitrogens is 1. The molecule has 1 heterocycles. The Bertz CT molecular complexity index is 480. The predicted molar refractivity (Wildman–Crippen MR) is 71.9 cm³/mol. The van der Waals surface area contributed by atoms with Gasteiger partial charge in [-0.3, -0.25) is 4.79 Å². The number of ether oxygens (including phenoxy) is 1. The molecule has 1 aliphatic rings. The van der Waals surface area contributed by atoms with Gasteiger partial charge in [-0.25, -0.2) is 9.78 Å². The lowest BCUT2D eigenvalue weighted by Gasteiger charge is -2.39. The molecule has 0 saturated heterocycles. The minimum absolute atomic E-state index is 0.168. The molecule has 0 aliphatic heterocycles. The van der Waals surface area contributed by atoms with Gasteiger partial charge in [0.15, 0.2) is 0 Å². The van der Waals surface area contributed by atoms with E-state index in [1.54, 1.807) is 6.92 Å². The molecule has 1 saturated carbocycles. The predicted octanol–water partition coefficient (Wildman–Crippen LogP) is 1.60. The van der Waals surface area contributed by atoms with Crippen LogP contribution in [0, 0.1) is 6.92 Å². The van der Waals surface area contributed by atoms with Crippen molar-refractivity contribution in [1.82, 2.24) is 10.3 Å². The highest BCUT2D eigenvalue weighted by atomic mass is 32.1. The van der Waals surface area contributed by atoms with Crippen molar-refractivity contribution >= 4 is 23.2 Å². The first-order valence-corrected chi connectivity index (χ1v) is 7.33. The first-order valence-electron chi connectivity index (χ1n) is 6.45. The zero-order valence-corrected chi connectivity index (χ0v) is 12.0. The highest BCUT2D eigenvalue weighted by Gasteiger charge is 2.46. The van der Waals surface area contributed by atoms with Crippen LogP contribution in [0.3, 0.4) is 0 Å². The van der Waals surface area contributed by atoms with Gasteiger partial charge in [-0.05, 0) is 33.1 Å².